The van der Waals surface area contributed by atoms with Crippen LogP contribution in [-0.2, 0) is 16.2 Å². The zero-order valence-electron chi connectivity index (χ0n) is 21.7. The minimum Gasteiger partial charge on any atom is -0.442 e. The molecule has 1 saturated carbocycles. The Bertz CT molecular complexity index is 1140. The van der Waals surface area contributed by atoms with Crippen LogP contribution < -0.4 is 10.9 Å². The molecule has 2 aromatic rings. The number of aromatic nitrogens is 1. The highest BCUT2D eigenvalue weighted by molar-refractivity contribution is 6.76. The van der Waals surface area contributed by atoms with Crippen LogP contribution in [0.25, 0.3) is 10.8 Å². The van der Waals surface area contributed by atoms with Crippen LogP contribution in [-0.4, -0.2) is 42.7 Å². The molecule has 192 valence electrons. The van der Waals surface area contributed by atoms with Crippen molar-refractivity contribution in [2.45, 2.75) is 90.5 Å². The number of pyridine rings is 1. The number of ether oxygens (including phenoxy) is 2. The maximum Gasteiger partial charge on any atom is 0.434 e. The number of carbonyl (C=O) groups excluding carboxylic acids is 1. The van der Waals surface area contributed by atoms with Crippen molar-refractivity contribution >= 4 is 47.9 Å². The second kappa shape index (κ2) is 11.3. The third kappa shape index (κ3) is 8.47. The van der Waals surface area contributed by atoms with Gasteiger partial charge in [0, 0.05) is 49.1 Å². The SMILES string of the molecule is CC(C)(C)OC(=O)N=C1CCC(Nc2ccc3c(=O)n(COCC[Si](C)(C)C)cc(Cl)c3c2)CC1. The quantitative estimate of drug-likeness (QED) is 0.325. The van der Waals surface area contributed by atoms with Gasteiger partial charge < -0.3 is 14.8 Å². The van der Waals surface area contributed by atoms with E-state index in [2.05, 4.69) is 30.0 Å². The van der Waals surface area contributed by atoms with Gasteiger partial charge in [-0.3, -0.25) is 9.36 Å². The number of aliphatic imine (C=N–C) groups is 1. The van der Waals surface area contributed by atoms with Crippen molar-refractivity contribution in [2.75, 3.05) is 11.9 Å². The first-order valence-electron chi connectivity index (χ1n) is 12.3. The molecule has 3 rings (SSSR count). The first-order chi connectivity index (χ1) is 16.3. The molecule has 0 atom stereocenters. The van der Waals surface area contributed by atoms with E-state index in [-0.39, 0.29) is 18.3 Å². The number of nitrogens with zero attached hydrogens (tertiary/aromatic N) is 2. The zero-order chi connectivity index (χ0) is 25.8. The lowest BCUT2D eigenvalue weighted by atomic mass is 9.93. The van der Waals surface area contributed by atoms with E-state index in [0.717, 1.165) is 48.5 Å². The summed E-state index contributed by atoms with van der Waals surface area (Å²) in [6.45, 7) is 13.2. The van der Waals surface area contributed by atoms with Crippen LogP contribution in [0.1, 0.15) is 46.5 Å². The number of fused-ring (bicyclic) bond motifs is 1. The Balaban J connectivity index is 1.62. The Morgan fingerprint density at radius 1 is 1.20 bits per heavy atom. The Hall–Kier alpha value is -2.16. The molecule has 0 saturated heterocycles. The first-order valence-corrected chi connectivity index (χ1v) is 16.4. The highest BCUT2D eigenvalue weighted by Crippen LogP contribution is 2.27. The van der Waals surface area contributed by atoms with E-state index in [1.54, 1.807) is 6.20 Å². The largest absolute Gasteiger partial charge is 0.442 e. The number of carbonyl (C=O) groups is 1. The Labute approximate surface area is 213 Å². The number of benzene rings is 1. The van der Waals surface area contributed by atoms with Gasteiger partial charge in [0.2, 0.25) is 0 Å². The Morgan fingerprint density at radius 3 is 2.51 bits per heavy atom. The summed E-state index contributed by atoms with van der Waals surface area (Å²) in [7, 11) is -1.18. The molecule has 1 fully saturated rings. The molecule has 0 bridgehead atoms. The smallest absolute Gasteiger partial charge is 0.434 e. The molecule has 0 aliphatic heterocycles. The van der Waals surface area contributed by atoms with Crippen LogP contribution in [0.15, 0.2) is 34.2 Å². The number of hydrogen-bond donors (Lipinski definition) is 1. The predicted molar refractivity (Wildman–Crippen MR) is 147 cm³/mol. The van der Waals surface area contributed by atoms with Gasteiger partial charge in [-0.05, 0) is 70.7 Å². The van der Waals surface area contributed by atoms with Gasteiger partial charge in [0.15, 0.2) is 0 Å². The van der Waals surface area contributed by atoms with Crippen LogP contribution in [0.5, 0.6) is 0 Å². The number of rotatable bonds is 7. The van der Waals surface area contributed by atoms with E-state index < -0.39 is 19.8 Å². The van der Waals surface area contributed by atoms with Gasteiger partial charge in [-0.25, -0.2) is 4.79 Å². The van der Waals surface area contributed by atoms with Gasteiger partial charge >= 0.3 is 6.09 Å². The van der Waals surface area contributed by atoms with Crippen LogP contribution in [0.2, 0.25) is 30.7 Å². The molecule has 1 N–H and O–H groups in total. The molecule has 1 aliphatic rings. The normalized spacial score (nSPS) is 16.9. The van der Waals surface area contributed by atoms with Gasteiger partial charge in [0.25, 0.3) is 5.56 Å². The molecule has 1 amide bonds. The van der Waals surface area contributed by atoms with Gasteiger partial charge in [-0.2, -0.15) is 4.99 Å². The van der Waals surface area contributed by atoms with Crippen LogP contribution >= 0.6 is 11.6 Å². The number of nitrogens with one attached hydrogen (secondary N) is 1. The summed E-state index contributed by atoms with van der Waals surface area (Å²) in [5, 5.41) is 5.36. The van der Waals surface area contributed by atoms with Gasteiger partial charge in [-0.1, -0.05) is 31.2 Å². The molecule has 0 spiro atoms. The third-order valence-corrected chi connectivity index (χ3v) is 7.85. The summed E-state index contributed by atoms with van der Waals surface area (Å²) in [5.41, 5.74) is 1.15. The summed E-state index contributed by atoms with van der Waals surface area (Å²) in [6.07, 6.45) is 4.36. The molecule has 0 unspecified atom stereocenters. The molecule has 9 heteroatoms. The molecular weight excluding hydrogens is 482 g/mol. The minimum absolute atomic E-state index is 0.107. The van der Waals surface area contributed by atoms with E-state index in [1.807, 2.05) is 39.0 Å². The van der Waals surface area contributed by atoms with Crippen LogP contribution in [0.4, 0.5) is 10.5 Å². The summed E-state index contributed by atoms with van der Waals surface area (Å²) in [5.74, 6) is 0. The lowest BCUT2D eigenvalue weighted by Gasteiger charge is -2.25. The lowest BCUT2D eigenvalue weighted by Crippen LogP contribution is -2.28. The van der Waals surface area contributed by atoms with Gasteiger partial charge in [0.1, 0.15) is 12.3 Å². The van der Waals surface area contributed by atoms with Gasteiger partial charge in [-0.15, -0.1) is 0 Å². The second-order valence-corrected chi connectivity index (χ2v) is 17.5. The minimum atomic E-state index is -1.18. The molecule has 1 aromatic heterocycles. The van der Waals surface area contributed by atoms with E-state index in [4.69, 9.17) is 21.1 Å². The first kappa shape index (κ1) is 27.4. The van der Waals surface area contributed by atoms with Crippen molar-refractivity contribution in [3.8, 4) is 0 Å². The fraction of sp³-hybridized carbons (Fsp3) is 0.577. The van der Waals surface area contributed by atoms with Crippen molar-refractivity contribution < 1.29 is 14.3 Å². The molecular formula is C26H38ClN3O4Si. The highest BCUT2D eigenvalue weighted by Gasteiger charge is 2.21. The predicted octanol–water partition coefficient (Wildman–Crippen LogP) is 6.70. The van der Waals surface area contributed by atoms with E-state index in [0.29, 0.717) is 17.0 Å². The zero-order valence-corrected chi connectivity index (χ0v) is 23.5. The maximum absolute atomic E-state index is 12.9. The Morgan fingerprint density at radius 2 is 1.89 bits per heavy atom. The topological polar surface area (TPSA) is 81.9 Å². The summed E-state index contributed by atoms with van der Waals surface area (Å²) in [6, 6.07) is 6.97. The average molecular weight is 520 g/mol. The fourth-order valence-corrected chi connectivity index (χ4v) is 4.96. The summed E-state index contributed by atoms with van der Waals surface area (Å²) < 4.78 is 12.6. The monoisotopic (exact) mass is 519 g/mol. The van der Waals surface area contributed by atoms with Gasteiger partial charge in [0.05, 0.1) is 5.02 Å². The van der Waals surface area contributed by atoms with Crippen LogP contribution in [0.3, 0.4) is 0 Å². The number of anilines is 1. The molecule has 35 heavy (non-hydrogen) atoms. The third-order valence-electron chi connectivity index (χ3n) is 5.84. The number of halogens is 1. The number of amides is 1. The van der Waals surface area contributed by atoms with E-state index in [9.17, 15) is 9.59 Å². The van der Waals surface area contributed by atoms with Crippen molar-refractivity contribution in [1.29, 1.82) is 0 Å². The maximum atomic E-state index is 12.9. The lowest BCUT2D eigenvalue weighted by molar-refractivity contribution is 0.0603. The van der Waals surface area contributed by atoms with E-state index in [1.165, 1.54) is 4.57 Å². The summed E-state index contributed by atoms with van der Waals surface area (Å²) in [4.78, 5) is 29.0. The standard InChI is InChI=1S/C26H38ClN3O4Si/c1-26(2,3)34-25(32)29-19-9-7-18(8-10-19)28-20-11-12-21-22(15-20)23(27)16-30(24(21)31)17-33-13-14-35(4,5)6/h11-12,15-16,18,28H,7-10,13-14,17H2,1-6H3. The molecule has 1 aromatic carbocycles. The van der Waals surface area contributed by atoms with Crippen molar-refractivity contribution in [3.63, 3.8) is 0 Å². The summed E-state index contributed by atoms with van der Waals surface area (Å²) >= 11 is 6.55. The van der Waals surface area contributed by atoms with Crippen molar-refractivity contribution in [2.24, 2.45) is 4.99 Å². The fourth-order valence-electron chi connectivity index (χ4n) is 3.93. The van der Waals surface area contributed by atoms with E-state index >= 15 is 0 Å². The van der Waals surface area contributed by atoms with Crippen molar-refractivity contribution in [1.82, 2.24) is 4.57 Å². The average Bonchev–Trinajstić information content (AvgIpc) is 2.74. The number of hydrogen-bond acceptors (Lipinski definition) is 5. The van der Waals surface area contributed by atoms with Crippen molar-refractivity contribution in [3.05, 3.63) is 39.8 Å². The molecule has 1 heterocycles. The highest BCUT2D eigenvalue weighted by atomic mass is 35.5. The molecule has 0 radical (unpaired) electrons. The molecule has 1 aliphatic carbocycles. The Kier molecular flexibility index (Phi) is 8.83. The second-order valence-electron chi connectivity index (χ2n) is 11.4. The molecule has 7 nitrogen and oxygen atoms in total. The van der Waals surface area contributed by atoms with Crippen LogP contribution in [0, 0.1) is 0 Å².